The van der Waals surface area contributed by atoms with Gasteiger partial charge in [-0.25, -0.2) is 0 Å². The summed E-state index contributed by atoms with van der Waals surface area (Å²) in [4.78, 5) is 26.4. The molecule has 0 radical (unpaired) electrons. The van der Waals surface area contributed by atoms with Gasteiger partial charge in [0.15, 0.2) is 0 Å². The largest absolute Gasteiger partial charge is 0.339 e. The summed E-state index contributed by atoms with van der Waals surface area (Å²) >= 11 is 6.16. The van der Waals surface area contributed by atoms with Crippen LogP contribution in [0.15, 0.2) is 24.3 Å². The van der Waals surface area contributed by atoms with Crippen LogP contribution in [-0.4, -0.2) is 39.6 Å². The van der Waals surface area contributed by atoms with E-state index in [1.807, 2.05) is 20.8 Å². The molecule has 2 rings (SSSR count). The number of carbonyl (C=O) groups is 2. The second-order valence-electron chi connectivity index (χ2n) is 5.95. The zero-order valence-corrected chi connectivity index (χ0v) is 15.2. The van der Waals surface area contributed by atoms with E-state index in [1.54, 1.807) is 43.3 Å². The van der Waals surface area contributed by atoms with E-state index < -0.39 is 0 Å². The molecular weight excluding hydrogens is 328 g/mol. The highest BCUT2D eigenvalue weighted by atomic mass is 35.5. The van der Waals surface area contributed by atoms with Crippen LogP contribution in [0.4, 0.5) is 5.69 Å². The van der Waals surface area contributed by atoms with Crippen molar-refractivity contribution in [3.8, 4) is 0 Å². The van der Waals surface area contributed by atoms with Crippen molar-refractivity contribution < 1.29 is 9.59 Å². The molecule has 0 atom stereocenters. The van der Waals surface area contributed by atoms with Crippen molar-refractivity contribution in [2.75, 3.05) is 12.4 Å². The fourth-order valence-electron chi connectivity index (χ4n) is 2.20. The Kier molecular flexibility index (Phi) is 5.29. The van der Waals surface area contributed by atoms with Gasteiger partial charge in [0.2, 0.25) is 0 Å². The Morgan fingerprint density at radius 3 is 2.50 bits per heavy atom. The molecule has 1 aromatic carbocycles. The van der Waals surface area contributed by atoms with E-state index in [9.17, 15) is 9.59 Å². The molecule has 0 fully saturated rings. The maximum absolute atomic E-state index is 12.4. The van der Waals surface area contributed by atoms with Crippen LogP contribution in [-0.2, 0) is 7.05 Å². The first-order valence-corrected chi connectivity index (χ1v) is 7.97. The van der Waals surface area contributed by atoms with Crippen LogP contribution in [0.2, 0.25) is 5.02 Å². The van der Waals surface area contributed by atoms with E-state index in [4.69, 9.17) is 11.6 Å². The standard InChI is InChI=1S/C17H21ClN4O2/c1-10(2)21(4)17(24)12-6-7-13(18)14(9-12)19-16(23)15-8-11(3)20-22(15)5/h6-10H,1-5H3,(H,19,23). The van der Waals surface area contributed by atoms with Gasteiger partial charge in [0, 0.05) is 25.7 Å². The summed E-state index contributed by atoms with van der Waals surface area (Å²) in [6, 6.07) is 6.60. The van der Waals surface area contributed by atoms with Crippen LogP contribution in [0.25, 0.3) is 0 Å². The third-order valence-electron chi connectivity index (χ3n) is 3.79. The van der Waals surface area contributed by atoms with Gasteiger partial charge < -0.3 is 10.2 Å². The molecule has 0 bridgehead atoms. The first kappa shape index (κ1) is 18.0. The average molecular weight is 349 g/mol. The Morgan fingerprint density at radius 1 is 1.29 bits per heavy atom. The number of amides is 2. The number of aromatic nitrogens is 2. The minimum atomic E-state index is -0.332. The molecule has 0 aliphatic heterocycles. The second kappa shape index (κ2) is 7.05. The number of nitrogens with zero attached hydrogens (tertiary/aromatic N) is 3. The SMILES string of the molecule is Cc1cc(C(=O)Nc2cc(C(=O)N(C)C(C)C)ccc2Cl)n(C)n1. The van der Waals surface area contributed by atoms with E-state index >= 15 is 0 Å². The van der Waals surface area contributed by atoms with E-state index in [2.05, 4.69) is 10.4 Å². The molecule has 0 aliphatic carbocycles. The fourth-order valence-corrected chi connectivity index (χ4v) is 2.37. The Labute approximate surface area is 146 Å². The lowest BCUT2D eigenvalue weighted by atomic mass is 10.1. The van der Waals surface area contributed by atoms with Crippen LogP contribution in [0.5, 0.6) is 0 Å². The summed E-state index contributed by atoms with van der Waals surface area (Å²) in [5.41, 5.74) is 2.02. The third kappa shape index (κ3) is 3.76. The molecule has 24 heavy (non-hydrogen) atoms. The van der Waals surface area contributed by atoms with Gasteiger partial charge in [-0.2, -0.15) is 5.10 Å². The van der Waals surface area contributed by atoms with Gasteiger partial charge in [-0.05, 0) is 45.0 Å². The summed E-state index contributed by atoms with van der Waals surface area (Å²) in [6.07, 6.45) is 0. The smallest absolute Gasteiger partial charge is 0.273 e. The minimum Gasteiger partial charge on any atom is -0.339 e. The van der Waals surface area contributed by atoms with Crippen LogP contribution >= 0.6 is 11.6 Å². The van der Waals surface area contributed by atoms with Crippen LogP contribution < -0.4 is 5.32 Å². The molecule has 2 amide bonds. The molecule has 6 nitrogen and oxygen atoms in total. The number of carbonyl (C=O) groups excluding carboxylic acids is 2. The van der Waals surface area contributed by atoms with Gasteiger partial charge in [-0.3, -0.25) is 14.3 Å². The van der Waals surface area contributed by atoms with Crippen LogP contribution in [0.1, 0.15) is 40.4 Å². The number of benzene rings is 1. The summed E-state index contributed by atoms with van der Waals surface area (Å²) < 4.78 is 1.50. The molecule has 0 unspecified atom stereocenters. The summed E-state index contributed by atoms with van der Waals surface area (Å²) in [7, 11) is 3.43. The van der Waals surface area contributed by atoms with Gasteiger partial charge in [-0.1, -0.05) is 11.6 Å². The molecular formula is C17H21ClN4O2. The third-order valence-corrected chi connectivity index (χ3v) is 4.12. The lowest BCUT2D eigenvalue weighted by Gasteiger charge is -2.22. The summed E-state index contributed by atoms with van der Waals surface area (Å²) in [5.74, 6) is -0.463. The predicted molar refractivity (Wildman–Crippen MR) is 94.6 cm³/mol. The van der Waals surface area contributed by atoms with Crippen molar-refractivity contribution in [2.45, 2.75) is 26.8 Å². The van der Waals surface area contributed by atoms with E-state index in [0.717, 1.165) is 5.69 Å². The van der Waals surface area contributed by atoms with Crippen molar-refractivity contribution in [3.05, 3.63) is 46.2 Å². The minimum absolute atomic E-state index is 0.0728. The fraction of sp³-hybridized carbons (Fsp3) is 0.353. The zero-order valence-electron chi connectivity index (χ0n) is 14.4. The molecule has 0 saturated carbocycles. The maximum atomic E-state index is 12.4. The first-order chi connectivity index (χ1) is 11.2. The highest BCUT2D eigenvalue weighted by Gasteiger charge is 2.18. The molecule has 128 valence electrons. The molecule has 7 heteroatoms. The van der Waals surface area contributed by atoms with E-state index in [1.165, 1.54) is 4.68 Å². The average Bonchev–Trinajstić information content (AvgIpc) is 2.86. The van der Waals surface area contributed by atoms with Gasteiger partial charge >= 0.3 is 0 Å². The Morgan fingerprint density at radius 2 is 1.96 bits per heavy atom. The monoisotopic (exact) mass is 348 g/mol. The van der Waals surface area contributed by atoms with Crippen molar-refractivity contribution >= 4 is 29.1 Å². The van der Waals surface area contributed by atoms with Gasteiger partial charge in [0.25, 0.3) is 11.8 Å². The van der Waals surface area contributed by atoms with Gasteiger partial charge in [-0.15, -0.1) is 0 Å². The highest BCUT2D eigenvalue weighted by Crippen LogP contribution is 2.24. The van der Waals surface area contributed by atoms with Crippen molar-refractivity contribution in [2.24, 2.45) is 7.05 Å². The molecule has 0 spiro atoms. The number of hydrogen-bond donors (Lipinski definition) is 1. The number of halogens is 1. The van der Waals surface area contributed by atoms with E-state index in [-0.39, 0.29) is 17.9 Å². The zero-order chi connectivity index (χ0) is 18.0. The van der Waals surface area contributed by atoms with Crippen molar-refractivity contribution in [1.29, 1.82) is 0 Å². The van der Waals surface area contributed by atoms with Crippen molar-refractivity contribution in [3.63, 3.8) is 0 Å². The van der Waals surface area contributed by atoms with E-state index in [0.29, 0.717) is 22.0 Å². The van der Waals surface area contributed by atoms with Crippen LogP contribution in [0.3, 0.4) is 0 Å². The Bertz CT molecular complexity index is 783. The maximum Gasteiger partial charge on any atom is 0.273 e. The van der Waals surface area contributed by atoms with Gasteiger partial charge in [0.1, 0.15) is 5.69 Å². The quantitative estimate of drug-likeness (QED) is 0.923. The predicted octanol–water partition coefficient (Wildman–Crippen LogP) is 3.11. The number of rotatable bonds is 4. The normalized spacial score (nSPS) is 10.8. The molecule has 1 aromatic heterocycles. The summed E-state index contributed by atoms with van der Waals surface area (Å²) in [6.45, 7) is 5.67. The second-order valence-corrected chi connectivity index (χ2v) is 6.36. The topological polar surface area (TPSA) is 67.2 Å². The lowest BCUT2D eigenvalue weighted by Crippen LogP contribution is -2.33. The van der Waals surface area contributed by atoms with Gasteiger partial charge in [0.05, 0.1) is 16.4 Å². The Balaban J connectivity index is 2.27. The molecule has 0 aliphatic rings. The lowest BCUT2D eigenvalue weighted by molar-refractivity contribution is 0.0754. The molecule has 1 N–H and O–H groups in total. The van der Waals surface area contributed by atoms with Crippen molar-refractivity contribution in [1.82, 2.24) is 14.7 Å². The Hall–Kier alpha value is -2.34. The number of hydrogen-bond acceptors (Lipinski definition) is 3. The molecule has 2 aromatic rings. The first-order valence-electron chi connectivity index (χ1n) is 7.59. The number of aryl methyl sites for hydroxylation is 2. The number of nitrogens with one attached hydrogen (secondary N) is 1. The highest BCUT2D eigenvalue weighted by molar-refractivity contribution is 6.34. The summed E-state index contributed by atoms with van der Waals surface area (Å²) in [5, 5.41) is 7.25. The molecule has 1 heterocycles. The number of anilines is 1. The molecule has 0 saturated heterocycles. The van der Waals surface area contributed by atoms with Crippen LogP contribution in [0, 0.1) is 6.92 Å².